The number of nitrogens with one attached hydrogen (secondary N) is 2. The summed E-state index contributed by atoms with van der Waals surface area (Å²) in [5, 5.41) is 7.22. The Labute approximate surface area is 137 Å². The molecule has 0 saturated heterocycles. The maximum Gasteiger partial charge on any atom is 0.224 e. The maximum atomic E-state index is 6.13. The number of halogens is 2. The third kappa shape index (κ3) is 3.50. The summed E-state index contributed by atoms with van der Waals surface area (Å²) in [5.74, 6) is 1.87. The van der Waals surface area contributed by atoms with Gasteiger partial charge in [-0.15, -0.1) is 0 Å². The Balaban J connectivity index is 1.73. The Bertz CT molecular complexity index is 742. The SMILES string of the molecule is Clc1cccc(Cl)c1Nc1ccnc(NCc2ccco2)n1. The molecular weight excluding hydrogens is 323 g/mol. The number of hydrogen-bond acceptors (Lipinski definition) is 5. The molecule has 2 aromatic heterocycles. The van der Waals surface area contributed by atoms with Gasteiger partial charge in [0, 0.05) is 6.20 Å². The van der Waals surface area contributed by atoms with Gasteiger partial charge in [-0.2, -0.15) is 4.98 Å². The third-order valence-corrected chi connectivity index (χ3v) is 3.50. The van der Waals surface area contributed by atoms with Crippen LogP contribution in [0.1, 0.15) is 5.76 Å². The predicted octanol–water partition coefficient (Wildman–Crippen LogP) is 4.73. The van der Waals surface area contributed by atoms with E-state index >= 15 is 0 Å². The predicted molar refractivity (Wildman–Crippen MR) is 87.8 cm³/mol. The van der Waals surface area contributed by atoms with E-state index in [1.165, 1.54) is 0 Å². The lowest BCUT2D eigenvalue weighted by Gasteiger charge is -2.10. The quantitative estimate of drug-likeness (QED) is 0.706. The van der Waals surface area contributed by atoms with Gasteiger partial charge in [0.15, 0.2) is 0 Å². The van der Waals surface area contributed by atoms with Crippen molar-refractivity contribution in [3.05, 3.63) is 64.7 Å². The number of rotatable bonds is 5. The molecule has 0 bridgehead atoms. The molecule has 0 atom stereocenters. The van der Waals surface area contributed by atoms with Gasteiger partial charge in [-0.05, 0) is 30.3 Å². The van der Waals surface area contributed by atoms with Crippen LogP contribution in [0.15, 0.2) is 53.3 Å². The zero-order valence-corrected chi connectivity index (χ0v) is 12.9. The fraction of sp³-hybridized carbons (Fsp3) is 0.0667. The van der Waals surface area contributed by atoms with Gasteiger partial charge in [0.05, 0.1) is 28.5 Å². The van der Waals surface area contributed by atoms with Gasteiger partial charge >= 0.3 is 0 Å². The lowest BCUT2D eigenvalue weighted by Crippen LogP contribution is -2.04. The van der Waals surface area contributed by atoms with Crippen LogP contribution in [0.25, 0.3) is 0 Å². The summed E-state index contributed by atoms with van der Waals surface area (Å²) in [6.07, 6.45) is 3.26. The molecule has 0 aliphatic heterocycles. The van der Waals surface area contributed by atoms with Crippen LogP contribution in [0.5, 0.6) is 0 Å². The summed E-state index contributed by atoms with van der Waals surface area (Å²) in [5.41, 5.74) is 0.613. The topological polar surface area (TPSA) is 63.0 Å². The van der Waals surface area contributed by atoms with E-state index in [2.05, 4.69) is 20.6 Å². The van der Waals surface area contributed by atoms with Crippen molar-refractivity contribution < 1.29 is 4.42 Å². The number of aromatic nitrogens is 2. The van der Waals surface area contributed by atoms with Crippen molar-refractivity contribution in [2.75, 3.05) is 10.6 Å². The van der Waals surface area contributed by atoms with Crippen LogP contribution in [0.2, 0.25) is 10.0 Å². The van der Waals surface area contributed by atoms with Crippen LogP contribution in [-0.2, 0) is 6.54 Å². The second kappa shape index (κ2) is 6.68. The van der Waals surface area contributed by atoms with E-state index in [1.807, 2.05) is 12.1 Å². The Morgan fingerprint density at radius 2 is 1.86 bits per heavy atom. The van der Waals surface area contributed by atoms with Gasteiger partial charge in [-0.25, -0.2) is 4.98 Å². The molecule has 0 unspecified atom stereocenters. The summed E-state index contributed by atoms with van der Waals surface area (Å²) in [7, 11) is 0. The molecule has 0 amide bonds. The van der Waals surface area contributed by atoms with E-state index in [1.54, 1.807) is 36.7 Å². The fourth-order valence-corrected chi connectivity index (χ4v) is 2.33. The first-order valence-corrected chi connectivity index (χ1v) is 7.28. The smallest absolute Gasteiger partial charge is 0.224 e. The van der Waals surface area contributed by atoms with Crippen LogP contribution in [0.3, 0.4) is 0 Å². The summed E-state index contributed by atoms with van der Waals surface area (Å²) < 4.78 is 5.24. The molecule has 3 aromatic rings. The highest BCUT2D eigenvalue weighted by Crippen LogP contribution is 2.32. The van der Waals surface area contributed by atoms with Crippen LogP contribution >= 0.6 is 23.2 Å². The first kappa shape index (κ1) is 14.7. The Morgan fingerprint density at radius 3 is 2.59 bits per heavy atom. The third-order valence-electron chi connectivity index (χ3n) is 2.87. The molecular formula is C15H12Cl2N4O. The van der Waals surface area contributed by atoms with Gasteiger partial charge in [0.25, 0.3) is 0 Å². The molecule has 0 aliphatic rings. The van der Waals surface area contributed by atoms with Crippen molar-refractivity contribution in [2.24, 2.45) is 0 Å². The molecule has 0 saturated carbocycles. The van der Waals surface area contributed by atoms with E-state index in [-0.39, 0.29) is 0 Å². The van der Waals surface area contributed by atoms with Crippen molar-refractivity contribution in [3.63, 3.8) is 0 Å². The van der Waals surface area contributed by atoms with Gasteiger partial charge in [0.2, 0.25) is 5.95 Å². The monoisotopic (exact) mass is 334 g/mol. The highest BCUT2D eigenvalue weighted by atomic mass is 35.5. The molecule has 22 heavy (non-hydrogen) atoms. The van der Waals surface area contributed by atoms with Crippen LogP contribution in [0.4, 0.5) is 17.5 Å². The number of furan rings is 1. The Kier molecular flexibility index (Phi) is 4.46. The first-order chi connectivity index (χ1) is 10.7. The summed E-state index contributed by atoms with van der Waals surface area (Å²) in [6, 6.07) is 10.7. The number of nitrogens with zero attached hydrogens (tertiary/aromatic N) is 2. The minimum atomic E-state index is 0.476. The number of anilines is 3. The van der Waals surface area contributed by atoms with Crippen molar-refractivity contribution >= 4 is 40.7 Å². The van der Waals surface area contributed by atoms with Crippen molar-refractivity contribution in [3.8, 4) is 0 Å². The molecule has 0 fully saturated rings. The highest BCUT2D eigenvalue weighted by Gasteiger charge is 2.07. The average Bonchev–Trinajstić information content (AvgIpc) is 3.03. The van der Waals surface area contributed by atoms with E-state index in [9.17, 15) is 0 Å². The fourth-order valence-electron chi connectivity index (χ4n) is 1.84. The van der Waals surface area contributed by atoms with E-state index < -0.39 is 0 Å². The Hall–Kier alpha value is -2.24. The Morgan fingerprint density at radius 1 is 1.05 bits per heavy atom. The first-order valence-electron chi connectivity index (χ1n) is 6.53. The van der Waals surface area contributed by atoms with Gasteiger partial charge in [-0.3, -0.25) is 0 Å². The highest BCUT2D eigenvalue weighted by molar-refractivity contribution is 6.39. The number of para-hydroxylation sites is 1. The van der Waals surface area contributed by atoms with Gasteiger partial charge < -0.3 is 15.1 Å². The molecule has 2 heterocycles. The average molecular weight is 335 g/mol. The second-order valence-electron chi connectivity index (χ2n) is 4.42. The van der Waals surface area contributed by atoms with Crippen molar-refractivity contribution in [1.82, 2.24) is 9.97 Å². The molecule has 0 aliphatic carbocycles. The zero-order chi connectivity index (χ0) is 15.4. The molecule has 7 heteroatoms. The van der Waals surface area contributed by atoms with E-state index in [4.69, 9.17) is 27.6 Å². The minimum absolute atomic E-state index is 0.476. The second-order valence-corrected chi connectivity index (χ2v) is 5.23. The van der Waals surface area contributed by atoms with E-state index in [0.717, 1.165) is 5.76 Å². The molecule has 3 rings (SSSR count). The van der Waals surface area contributed by atoms with Crippen LogP contribution in [0, 0.1) is 0 Å². The number of benzene rings is 1. The molecule has 0 radical (unpaired) electrons. The largest absolute Gasteiger partial charge is 0.467 e. The lowest BCUT2D eigenvalue weighted by atomic mass is 10.3. The molecule has 2 N–H and O–H groups in total. The van der Waals surface area contributed by atoms with Gasteiger partial charge in [0.1, 0.15) is 11.6 Å². The standard InChI is InChI=1S/C15H12Cl2N4O/c16-11-4-1-5-12(17)14(11)20-13-6-7-18-15(21-13)19-9-10-3-2-8-22-10/h1-8H,9H2,(H2,18,19,20,21). The van der Waals surface area contributed by atoms with Crippen molar-refractivity contribution in [1.29, 1.82) is 0 Å². The molecule has 112 valence electrons. The molecule has 1 aromatic carbocycles. The van der Waals surface area contributed by atoms with E-state index in [0.29, 0.717) is 34.0 Å². The van der Waals surface area contributed by atoms with Crippen LogP contribution in [-0.4, -0.2) is 9.97 Å². The molecule has 5 nitrogen and oxygen atoms in total. The normalized spacial score (nSPS) is 10.5. The van der Waals surface area contributed by atoms with Crippen molar-refractivity contribution in [2.45, 2.75) is 6.54 Å². The van der Waals surface area contributed by atoms with Gasteiger partial charge in [-0.1, -0.05) is 29.3 Å². The summed E-state index contributed by atoms with van der Waals surface area (Å²) in [6.45, 7) is 0.503. The van der Waals surface area contributed by atoms with Crippen LogP contribution < -0.4 is 10.6 Å². The maximum absolute atomic E-state index is 6.13. The lowest BCUT2D eigenvalue weighted by molar-refractivity contribution is 0.517. The summed E-state index contributed by atoms with van der Waals surface area (Å²) in [4.78, 5) is 8.51. The molecule has 0 spiro atoms. The summed E-state index contributed by atoms with van der Waals surface area (Å²) >= 11 is 12.3. The zero-order valence-electron chi connectivity index (χ0n) is 11.4. The number of hydrogen-bond donors (Lipinski definition) is 2. The minimum Gasteiger partial charge on any atom is -0.467 e.